The number of nitrogens with two attached hydrogens (primary N) is 1. The molecular weight excluding hydrogens is 350 g/mol. The number of carbonyl (C=O) groups excluding carboxylic acids is 1. The number of H-pyrrole nitrogens is 1. The van der Waals surface area contributed by atoms with Gasteiger partial charge in [-0.15, -0.1) is 0 Å². The number of benzene rings is 2. The number of aromatic amines is 1. The number of primary amides is 1. The SMILES string of the molecule is NC(=O)C1CCCN(Cc2cccc(CNCc3ccc4cn[nH]c4c3)c2)C1. The largest absolute Gasteiger partial charge is 0.369 e. The number of likely N-dealkylation sites (tertiary alicyclic amines) is 1. The van der Waals surface area contributed by atoms with Crippen molar-refractivity contribution in [2.75, 3.05) is 13.1 Å². The summed E-state index contributed by atoms with van der Waals surface area (Å²) in [6, 6.07) is 15.0. The average molecular weight is 377 g/mol. The predicted octanol–water partition coefficient (Wildman–Crippen LogP) is 2.55. The van der Waals surface area contributed by atoms with E-state index in [-0.39, 0.29) is 11.8 Å². The number of nitrogens with zero attached hydrogens (tertiary/aromatic N) is 2. The highest BCUT2D eigenvalue weighted by Crippen LogP contribution is 2.19. The molecule has 1 amide bonds. The van der Waals surface area contributed by atoms with Crippen molar-refractivity contribution in [3.05, 3.63) is 65.4 Å². The van der Waals surface area contributed by atoms with Crippen molar-refractivity contribution in [1.82, 2.24) is 20.4 Å². The molecule has 28 heavy (non-hydrogen) atoms. The van der Waals surface area contributed by atoms with E-state index in [9.17, 15) is 4.79 Å². The zero-order chi connectivity index (χ0) is 19.3. The maximum Gasteiger partial charge on any atom is 0.221 e. The summed E-state index contributed by atoms with van der Waals surface area (Å²) in [5.41, 5.74) is 10.3. The summed E-state index contributed by atoms with van der Waals surface area (Å²) in [6.07, 6.45) is 3.79. The zero-order valence-corrected chi connectivity index (χ0v) is 16.0. The van der Waals surface area contributed by atoms with E-state index in [0.717, 1.165) is 56.5 Å². The van der Waals surface area contributed by atoms with Crippen molar-refractivity contribution in [2.45, 2.75) is 32.5 Å². The lowest BCUT2D eigenvalue weighted by Crippen LogP contribution is -2.40. The highest BCUT2D eigenvalue weighted by molar-refractivity contribution is 5.78. The standard InChI is InChI=1S/C22H27N5O/c23-22(28)20-5-2-8-27(15-20)14-18-4-1-3-16(9-18)11-24-12-17-6-7-19-13-25-26-21(19)10-17/h1,3-4,6-7,9-10,13,20,24H,2,5,8,11-12,14-15H2,(H2,23,28)(H,25,26). The van der Waals surface area contributed by atoms with E-state index < -0.39 is 0 Å². The Morgan fingerprint density at radius 3 is 2.86 bits per heavy atom. The van der Waals surface area contributed by atoms with Gasteiger partial charge in [0.15, 0.2) is 0 Å². The van der Waals surface area contributed by atoms with E-state index >= 15 is 0 Å². The molecule has 1 aliphatic heterocycles. The van der Waals surface area contributed by atoms with Crippen LogP contribution in [0.25, 0.3) is 10.9 Å². The topological polar surface area (TPSA) is 87.0 Å². The quantitative estimate of drug-likeness (QED) is 0.591. The van der Waals surface area contributed by atoms with Crippen LogP contribution in [0.4, 0.5) is 0 Å². The van der Waals surface area contributed by atoms with Crippen molar-refractivity contribution >= 4 is 16.8 Å². The number of hydrogen-bond donors (Lipinski definition) is 3. The Kier molecular flexibility index (Phi) is 5.69. The first-order valence-electron chi connectivity index (χ1n) is 9.89. The molecule has 1 atom stereocenters. The van der Waals surface area contributed by atoms with Gasteiger partial charge in [0.25, 0.3) is 0 Å². The van der Waals surface area contributed by atoms with Gasteiger partial charge in [-0.05, 0) is 42.1 Å². The lowest BCUT2D eigenvalue weighted by Gasteiger charge is -2.31. The molecule has 1 saturated heterocycles. The fraction of sp³-hybridized carbons (Fsp3) is 0.364. The maximum atomic E-state index is 11.5. The van der Waals surface area contributed by atoms with Gasteiger partial charge < -0.3 is 11.1 Å². The minimum Gasteiger partial charge on any atom is -0.369 e. The summed E-state index contributed by atoms with van der Waals surface area (Å²) in [4.78, 5) is 13.8. The monoisotopic (exact) mass is 377 g/mol. The maximum absolute atomic E-state index is 11.5. The fourth-order valence-electron chi connectivity index (χ4n) is 3.97. The summed E-state index contributed by atoms with van der Waals surface area (Å²) in [5, 5.41) is 11.7. The van der Waals surface area contributed by atoms with E-state index in [4.69, 9.17) is 5.73 Å². The average Bonchev–Trinajstić information content (AvgIpc) is 3.16. The van der Waals surface area contributed by atoms with Crippen LogP contribution in [0.1, 0.15) is 29.5 Å². The normalized spacial score (nSPS) is 17.8. The van der Waals surface area contributed by atoms with Gasteiger partial charge in [-0.25, -0.2) is 0 Å². The molecule has 4 rings (SSSR count). The second-order valence-electron chi connectivity index (χ2n) is 7.69. The number of piperidine rings is 1. The van der Waals surface area contributed by atoms with Crippen LogP contribution >= 0.6 is 0 Å². The Balaban J connectivity index is 1.31. The van der Waals surface area contributed by atoms with Crippen LogP contribution in [0.3, 0.4) is 0 Å². The summed E-state index contributed by atoms with van der Waals surface area (Å²) in [6.45, 7) is 4.30. The van der Waals surface area contributed by atoms with Crippen LogP contribution in [0.15, 0.2) is 48.7 Å². The Morgan fingerprint density at radius 2 is 2.00 bits per heavy atom. The molecule has 0 radical (unpaired) electrons. The number of rotatable bonds is 7. The molecule has 4 N–H and O–H groups in total. The molecule has 2 aromatic carbocycles. The second-order valence-corrected chi connectivity index (χ2v) is 7.69. The van der Waals surface area contributed by atoms with Gasteiger partial charge in [0.1, 0.15) is 0 Å². The predicted molar refractivity (Wildman–Crippen MR) is 110 cm³/mol. The number of carbonyl (C=O) groups is 1. The lowest BCUT2D eigenvalue weighted by atomic mass is 9.97. The van der Waals surface area contributed by atoms with E-state index in [2.05, 4.69) is 62.9 Å². The Hall–Kier alpha value is -2.70. The number of hydrogen-bond acceptors (Lipinski definition) is 4. The first kappa shape index (κ1) is 18.7. The van der Waals surface area contributed by atoms with Gasteiger partial charge in [0.2, 0.25) is 5.91 Å². The Bertz CT molecular complexity index is 951. The number of fused-ring (bicyclic) bond motifs is 1. The Labute approximate surface area is 165 Å². The van der Waals surface area contributed by atoms with Crippen molar-refractivity contribution in [1.29, 1.82) is 0 Å². The van der Waals surface area contributed by atoms with Gasteiger partial charge >= 0.3 is 0 Å². The molecule has 0 aliphatic carbocycles. The third kappa shape index (κ3) is 4.58. The number of nitrogens with one attached hydrogen (secondary N) is 2. The van der Waals surface area contributed by atoms with E-state index in [1.54, 1.807) is 0 Å². The minimum atomic E-state index is -0.170. The van der Waals surface area contributed by atoms with Gasteiger partial charge in [-0.2, -0.15) is 5.10 Å². The molecule has 1 unspecified atom stereocenters. The van der Waals surface area contributed by atoms with Gasteiger partial charge in [0.05, 0.1) is 17.6 Å². The summed E-state index contributed by atoms with van der Waals surface area (Å²) >= 11 is 0. The summed E-state index contributed by atoms with van der Waals surface area (Å²) in [5.74, 6) is -0.179. The summed E-state index contributed by atoms with van der Waals surface area (Å²) < 4.78 is 0. The van der Waals surface area contributed by atoms with Crippen molar-refractivity contribution in [3.63, 3.8) is 0 Å². The molecule has 1 aliphatic rings. The first-order valence-corrected chi connectivity index (χ1v) is 9.89. The van der Waals surface area contributed by atoms with E-state index in [1.165, 1.54) is 16.7 Å². The summed E-state index contributed by atoms with van der Waals surface area (Å²) in [7, 11) is 0. The van der Waals surface area contributed by atoms with Crippen molar-refractivity contribution < 1.29 is 4.79 Å². The fourth-order valence-corrected chi connectivity index (χ4v) is 3.97. The first-order chi connectivity index (χ1) is 13.7. The number of aromatic nitrogens is 2. The molecule has 3 aromatic rings. The van der Waals surface area contributed by atoms with Gasteiger partial charge in [0, 0.05) is 31.6 Å². The number of amides is 1. The Morgan fingerprint density at radius 1 is 1.18 bits per heavy atom. The third-order valence-corrected chi connectivity index (χ3v) is 5.47. The molecule has 1 fully saturated rings. The lowest BCUT2D eigenvalue weighted by molar-refractivity contribution is -0.123. The van der Waals surface area contributed by atoms with E-state index in [1.807, 2.05) is 6.20 Å². The van der Waals surface area contributed by atoms with Crippen molar-refractivity contribution in [3.8, 4) is 0 Å². The molecule has 146 valence electrons. The third-order valence-electron chi connectivity index (χ3n) is 5.47. The molecule has 2 heterocycles. The van der Waals surface area contributed by atoms with Crippen LogP contribution in [-0.4, -0.2) is 34.1 Å². The molecule has 0 saturated carbocycles. The van der Waals surface area contributed by atoms with E-state index in [0.29, 0.717) is 0 Å². The van der Waals surface area contributed by atoms with Crippen LogP contribution in [0.5, 0.6) is 0 Å². The van der Waals surface area contributed by atoms with Crippen LogP contribution in [-0.2, 0) is 24.4 Å². The molecular formula is C22H27N5O. The second kappa shape index (κ2) is 8.54. The van der Waals surface area contributed by atoms with Crippen LogP contribution in [0.2, 0.25) is 0 Å². The zero-order valence-electron chi connectivity index (χ0n) is 16.0. The van der Waals surface area contributed by atoms with Gasteiger partial charge in [-0.1, -0.05) is 36.4 Å². The molecule has 6 nitrogen and oxygen atoms in total. The minimum absolute atomic E-state index is 0.00851. The van der Waals surface area contributed by atoms with Gasteiger partial charge in [-0.3, -0.25) is 14.8 Å². The highest BCUT2D eigenvalue weighted by atomic mass is 16.1. The van der Waals surface area contributed by atoms with Crippen molar-refractivity contribution in [2.24, 2.45) is 11.7 Å². The smallest absolute Gasteiger partial charge is 0.221 e. The molecule has 6 heteroatoms. The van der Waals surface area contributed by atoms with Crippen LogP contribution < -0.4 is 11.1 Å². The molecule has 1 aromatic heterocycles. The molecule has 0 spiro atoms. The highest BCUT2D eigenvalue weighted by Gasteiger charge is 2.23. The van der Waals surface area contributed by atoms with Crippen LogP contribution in [0, 0.1) is 5.92 Å². The molecule has 0 bridgehead atoms.